The molecule has 2 rings (SSSR count). The van der Waals surface area contributed by atoms with Crippen LogP contribution in [0.3, 0.4) is 0 Å². The Kier molecular flexibility index (Phi) is 4.29. The Labute approximate surface area is 104 Å². The molecule has 0 aromatic carbocycles. The van der Waals surface area contributed by atoms with Gasteiger partial charge in [0.15, 0.2) is 0 Å². The average Bonchev–Trinajstić information content (AvgIpc) is 2.68. The number of allylic oxidation sites excluding steroid dienone is 1. The lowest BCUT2D eigenvalue weighted by Gasteiger charge is -2.14. The summed E-state index contributed by atoms with van der Waals surface area (Å²) in [4.78, 5) is 3.38. The molecule has 1 N–H and O–H groups in total. The number of rotatable bonds is 6. The summed E-state index contributed by atoms with van der Waals surface area (Å²) in [5, 5.41) is 0. The van der Waals surface area contributed by atoms with Gasteiger partial charge in [-0.3, -0.25) is 0 Å². The number of hydrogen-bond donors (Lipinski definition) is 1. The minimum Gasteiger partial charge on any atom is -0.498 e. The largest absolute Gasteiger partial charge is 0.498 e. The molecule has 0 amide bonds. The Hall–Kier alpha value is -1.18. The number of unbranched alkanes of at least 4 members (excludes halogenated alkanes) is 3. The van der Waals surface area contributed by atoms with Gasteiger partial charge in [0.1, 0.15) is 0 Å². The molecule has 0 fully saturated rings. The van der Waals surface area contributed by atoms with Gasteiger partial charge in [0, 0.05) is 17.8 Å². The minimum atomic E-state index is 0.876. The number of aromatic amines is 1. The molecular formula is C15H23NO. The first-order valence-electron chi connectivity index (χ1n) is 6.81. The first-order chi connectivity index (χ1) is 8.29. The van der Waals surface area contributed by atoms with Crippen molar-refractivity contribution in [1.82, 2.24) is 4.98 Å². The molecule has 0 spiro atoms. The van der Waals surface area contributed by atoms with E-state index in [-0.39, 0.29) is 0 Å². The van der Waals surface area contributed by atoms with Gasteiger partial charge in [-0.25, -0.2) is 0 Å². The van der Waals surface area contributed by atoms with Gasteiger partial charge in [-0.1, -0.05) is 26.2 Å². The van der Waals surface area contributed by atoms with E-state index in [1.54, 1.807) is 0 Å². The minimum absolute atomic E-state index is 0.876. The summed E-state index contributed by atoms with van der Waals surface area (Å²) >= 11 is 0. The highest BCUT2D eigenvalue weighted by atomic mass is 16.5. The van der Waals surface area contributed by atoms with Gasteiger partial charge in [0.05, 0.1) is 12.4 Å². The zero-order valence-corrected chi connectivity index (χ0v) is 11.0. The van der Waals surface area contributed by atoms with Crippen molar-refractivity contribution in [2.24, 2.45) is 0 Å². The SMILES string of the molecule is CCCCCCOC1=Cc2[nH]c(C)cc2CC1. The molecule has 0 saturated heterocycles. The second-order valence-corrected chi connectivity index (χ2v) is 4.91. The first-order valence-corrected chi connectivity index (χ1v) is 6.81. The molecule has 2 heteroatoms. The summed E-state index contributed by atoms with van der Waals surface area (Å²) in [7, 11) is 0. The van der Waals surface area contributed by atoms with E-state index in [0.717, 1.165) is 25.2 Å². The maximum Gasteiger partial charge on any atom is 0.0983 e. The fourth-order valence-electron chi connectivity index (χ4n) is 2.34. The lowest BCUT2D eigenvalue weighted by Crippen LogP contribution is -2.02. The van der Waals surface area contributed by atoms with Crippen molar-refractivity contribution in [3.63, 3.8) is 0 Å². The Morgan fingerprint density at radius 1 is 1.24 bits per heavy atom. The number of H-pyrrole nitrogens is 1. The molecule has 0 bridgehead atoms. The molecule has 94 valence electrons. The highest BCUT2D eigenvalue weighted by Gasteiger charge is 2.12. The molecule has 1 aliphatic carbocycles. The molecular weight excluding hydrogens is 210 g/mol. The summed E-state index contributed by atoms with van der Waals surface area (Å²) in [5.74, 6) is 1.15. The number of ether oxygens (including phenoxy) is 1. The zero-order chi connectivity index (χ0) is 12.1. The highest BCUT2D eigenvalue weighted by molar-refractivity contribution is 5.55. The van der Waals surface area contributed by atoms with Crippen molar-refractivity contribution in [2.45, 2.75) is 52.4 Å². The predicted molar refractivity (Wildman–Crippen MR) is 71.9 cm³/mol. The first kappa shape index (κ1) is 12.3. The van der Waals surface area contributed by atoms with Gasteiger partial charge < -0.3 is 9.72 Å². The van der Waals surface area contributed by atoms with Crippen LogP contribution in [0.5, 0.6) is 0 Å². The summed E-state index contributed by atoms with van der Waals surface area (Å²) in [5.41, 5.74) is 3.92. The topological polar surface area (TPSA) is 25.0 Å². The molecule has 1 heterocycles. The maximum atomic E-state index is 5.84. The lowest BCUT2D eigenvalue weighted by molar-refractivity contribution is 0.198. The van der Waals surface area contributed by atoms with Crippen LogP contribution in [-0.2, 0) is 11.2 Å². The molecule has 17 heavy (non-hydrogen) atoms. The summed E-state index contributed by atoms with van der Waals surface area (Å²) < 4.78 is 5.84. The smallest absolute Gasteiger partial charge is 0.0983 e. The molecule has 0 atom stereocenters. The molecule has 0 saturated carbocycles. The molecule has 1 aliphatic rings. The van der Waals surface area contributed by atoms with Crippen molar-refractivity contribution in [2.75, 3.05) is 6.61 Å². The van der Waals surface area contributed by atoms with Crippen molar-refractivity contribution in [3.8, 4) is 0 Å². The van der Waals surface area contributed by atoms with Gasteiger partial charge in [0.25, 0.3) is 0 Å². The van der Waals surface area contributed by atoms with Crippen molar-refractivity contribution in [3.05, 3.63) is 28.8 Å². The summed E-state index contributed by atoms with van der Waals surface area (Å²) in [6, 6.07) is 2.24. The third-order valence-electron chi connectivity index (χ3n) is 3.30. The maximum absolute atomic E-state index is 5.84. The van der Waals surface area contributed by atoms with Gasteiger partial charge in [-0.05, 0) is 37.5 Å². The summed E-state index contributed by atoms with van der Waals surface area (Å²) in [6.45, 7) is 5.22. The van der Waals surface area contributed by atoms with E-state index in [1.165, 1.54) is 42.6 Å². The van der Waals surface area contributed by atoms with Crippen LogP contribution in [0.4, 0.5) is 0 Å². The van der Waals surface area contributed by atoms with Crippen LogP contribution in [-0.4, -0.2) is 11.6 Å². The van der Waals surface area contributed by atoms with E-state index in [4.69, 9.17) is 4.74 Å². The van der Waals surface area contributed by atoms with E-state index in [9.17, 15) is 0 Å². The predicted octanol–water partition coefficient (Wildman–Crippen LogP) is 4.21. The van der Waals surface area contributed by atoms with Crippen LogP contribution in [0.1, 0.15) is 56.0 Å². The molecule has 0 unspecified atom stereocenters. The fraction of sp³-hybridized carbons (Fsp3) is 0.600. The lowest BCUT2D eigenvalue weighted by atomic mass is 10.0. The standard InChI is InChI=1S/C15H23NO/c1-3-4-5-6-9-17-14-8-7-13-10-12(2)16-15(13)11-14/h10-11,16H,3-9H2,1-2H3. The molecule has 2 nitrogen and oxygen atoms in total. The highest BCUT2D eigenvalue weighted by Crippen LogP contribution is 2.24. The number of hydrogen-bond acceptors (Lipinski definition) is 1. The second kappa shape index (κ2) is 5.95. The monoisotopic (exact) mass is 233 g/mol. The Morgan fingerprint density at radius 3 is 2.94 bits per heavy atom. The van der Waals surface area contributed by atoms with Gasteiger partial charge >= 0.3 is 0 Å². The third kappa shape index (κ3) is 3.39. The van der Waals surface area contributed by atoms with Crippen molar-refractivity contribution < 1.29 is 4.74 Å². The second-order valence-electron chi connectivity index (χ2n) is 4.91. The molecule has 0 radical (unpaired) electrons. The number of fused-ring (bicyclic) bond motifs is 1. The quantitative estimate of drug-likeness (QED) is 0.732. The Bertz CT molecular complexity index is 390. The van der Waals surface area contributed by atoms with Crippen molar-refractivity contribution >= 4 is 6.08 Å². The van der Waals surface area contributed by atoms with Crippen LogP contribution >= 0.6 is 0 Å². The Balaban J connectivity index is 1.81. The van der Waals surface area contributed by atoms with Gasteiger partial charge in [0.2, 0.25) is 0 Å². The number of aromatic nitrogens is 1. The van der Waals surface area contributed by atoms with E-state index < -0.39 is 0 Å². The summed E-state index contributed by atoms with van der Waals surface area (Å²) in [6.07, 6.45) is 9.42. The number of aryl methyl sites for hydroxylation is 2. The molecule has 1 aromatic heterocycles. The van der Waals surface area contributed by atoms with Crippen LogP contribution in [0, 0.1) is 6.92 Å². The number of nitrogens with one attached hydrogen (secondary N) is 1. The zero-order valence-electron chi connectivity index (χ0n) is 11.0. The molecule has 1 aromatic rings. The van der Waals surface area contributed by atoms with E-state index in [2.05, 4.69) is 31.0 Å². The van der Waals surface area contributed by atoms with Gasteiger partial charge in [-0.2, -0.15) is 0 Å². The third-order valence-corrected chi connectivity index (χ3v) is 3.30. The van der Waals surface area contributed by atoms with E-state index in [0.29, 0.717) is 0 Å². The molecule has 0 aliphatic heterocycles. The average molecular weight is 233 g/mol. The van der Waals surface area contributed by atoms with Gasteiger partial charge in [-0.15, -0.1) is 0 Å². The van der Waals surface area contributed by atoms with Crippen LogP contribution in [0.2, 0.25) is 0 Å². The normalized spacial score (nSPS) is 14.4. The van der Waals surface area contributed by atoms with Crippen LogP contribution in [0.25, 0.3) is 6.08 Å². The fourth-order valence-corrected chi connectivity index (χ4v) is 2.34. The van der Waals surface area contributed by atoms with E-state index in [1.807, 2.05) is 0 Å². The Morgan fingerprint density at radius 2 is 2.12 bits per heavy atom. The van der Waals surface area contributed by atoms with Crippen LogP contribution < -0.4 is 0 Å². The van der Waals surface area contributed by atoms with Crippen molar-refractivity contribution in [1.29, 1.82) is 0 Å². The van der Waals surface area contributed by atoms with E-state index >= 15 is 0 Å². The van der Waals surface area contributed by atoms with Crippen LogP contribution in [0.15, 0.2) is 11.8 Å².